The topological polar surface area (TPSA) is 29.3 Å². The van der Waals surface area contributed by atoms with Gasteiger partial charge in [0.25, 0.3) is 0 Å². The first-order valence-electron chi connectivity index (χ1n) is 7.00. The molecule has 0 saturated carbocycles. The Morgan fingerprint density at radius 2 is 1.94 bits per heavy atom. The molecule has 0 aliphatic rings. The van der Waals surface area contributed by atoms with Crippen molar-refractivity contribution in [2.45, 2.75) is 52.6 Å². The molecule has 0 aliphatic heterocycles. The van der Waals surface area contributed by atoms with Crippen molar-refractivity contribution in [1.29, 1.82) is 0 Å². The molecular weight excluding hydrogens is 220 g/mol. The van der Waals surface area contributed by atoms with Crippen molar-refractivity contribution in [1.82, 2.24) is 4.90 Å². The Kier molecular flexibility index (Phi) is 5.83. The second-order valence-electron chi connectivity index (χ2n) is 5.41. The van der Waals surface area contributed by atoms with Gasteiger partial charge in [-0.05, 0) is 45.4 Å². The van der Waals surface area contributed by atoms with Crippen LogP contribution in [0.4, 0.5) is 0 Å². The molecule has 2 N–H and O–H groups in total. The third-order valence-electron chi connectivity index (χ3n) is 3.91. The molecule has 0 radical (unpaired) electrons. The molecule has 0 aromatic heterocycles. The summed E-state index contributed by atoms with van der Waals surface area (Å²) in [6.45, 7) is 9.52. The van der Waals surface area contributed by atoms with Crippen LogP contribution in [-0.4, -0.2) is 24.5 Å². The minimum Gasteiger partial charge on any atom is -0.329 e. The first-order chi connectivity index (χ1) is 8.51. The van der Waals surface area contributed by atoms with Crippen molar-refractivity contribution < 1.29 is 0 Å². The first kappa shape index (κ1) is 15.2. The lowest BCUT2D eigenvalue weighted by Crippen LogP contribution is -2.37. The fourth-order valence-electron chi connectivity index (χ4n) is 2.56. The quantitative estimate of drug-likeness (QED) is 0.836. The van der Waals surface area contributed by atoms with Crippen molar-refractivity contribution in [3.8, 4) is 0 Å². The monoisotopic (exact) mass is 248 g/mol. The van der Waals surface area contributed by atoms with Gasteiger partial charge in [0, 0.05) is 18.6 Å². The van der Waals surface area contributed by atoms with Gasteiger partial charge in [-0.3, -0.25) is 4.90 Å². The third kappa shape index (κ3) is 3.56. The van der Waals surface area contributed by atoms with Crippen LogP contribution >= 0.6 is 0 Å². The number of hydrogen-bond acceptors (Lipinski definition) is 2. The van der Waals surface area contributed by atoms with Gasteiger partial charge in [-0.2, -0.15) is 0 Å². The predicted molar refractivity (Wildman–Crippen MR) is 79.8 cm³/mol. The highest BCUT2D eigenvalue weighted by Crippen LogP contribution is 2.25. The summed E-state index contributed by atoms with van der Waals surface area (Å²) in [4.78, 5) is 2.42. The lowest BCUT2D eigenvalue weighted by Gasteiger charge is -2.33. The fourth-order valence-corrected chi connectivity index (χ4v) is 2.56. The minimum atomic E-state index is 0.325. The second-order valence-corrected chi connectivity index (χ2v) is 5.41. The largest absolute Gasteiger partial charge is 0.329 e. The standard InChI is InChI=1S/C16H28N2/c1-6-7-14(4)18(5)16(11-17)15-10-12(2)8-9-13(15)3/h8-10,14,16H,6-7,11,17H2,1-5H3. The van der Waals surface area contributed by atoms with Crippen LogP contribution in [0.3, 0.4) is 0 Å². The molecule has 0 heterocycles. The molecule has 1 aromatic rings. The lowest BCUT2D eigenvalue weighted by atomic mass is 9.96. The molecular formula is C16H28N2. The number of aryl methyl sites for hydroxylation is 2. The Morgan fingerprint density at radius 3 is 2.50 bits per heavy atom. The molecule has 1 rings (SSSR count). The van der Waals surface area contributed by atoms with Gasteiger partial charge in [0.15, 0.2) is 0 Å². The van der Waals surface area contributed by atoms with Gasteiger partial charge in [0.05, 0.1) is 0 Å². The zero-order chi connectivity index (χ0) is 13.7. The van der Waals surface area contributed by atoms with Crippen LogP contribution in [0.2, 0.25) is 0 Å². The van der Waals surface area contributed by atoms with Gasteiger partial charge < -0.3 is 5.73 Å². The highest BCUT2D eigenvalue weighted by molar-refractivity contribution is 5.33. The van der Waals surface area contributed by atoms with Crippen LogP contribution in [0.1, 0.15) is 49.4 Å². The van der Waals surface area contributed by atoms with E-state index >= 15 is 0 Å². The molecule has 1 aromatic carbocycles. The molecule has 2 nitrogen and oxygen atoms in total. The normalized spacial score (nSPS) is 14.8. The Labute approximate surface area is 112 Å². The van der Waals surface area contributed by atoms with E-state index in [1.54, 1.807) is 0 Å². The first-order valence-corrected chi connectivity index (χ1v) is 7.00. The summed E-state index contributed by atoms with van der Waals surface area (Å²) in [6.07, 6.45) is 2.44. The van der Waals surface area contributed by atoms with E-state index in [1.807, 2.05) is 0 Å². The summed E-state index contributed by atoms with van der Waals surface area (Å²) < 4.78 is 0. The van der Waals surface area contributed by atoms with Crippen LogP contribution in [0.15, 0.2) is 18.2 Å². The van der Waals surface area contributed by atoms with Gasteiger partial charge >= 0.3 is 0 Å². The van der Waals surface area contributed by atoms with E-state index in [2.05, 4.69) is 57.8 Å². The summed E-state index contributed by atoms with van der Waals surface area (Å²) in [6, 6.07) is 7.55. The molecule has 0 saturated heterocycles. The van der Waals surface area contributed by atoms with E-state index in [9.17, 15) is 0 Å². The predicted octanol–water partition coefficient (Wildman–Crippen LogP) is 3.42. The van der Waals surface area contributed by atoms with Crippen LogP contribution in [0.5, 0.6) is 0 Å². The van der Waals surface area contributed by atoms with Crippen molar-refractivity contribution in [3.63, 3.8) is 0 Å². The van der Waals surface area contributed by atoms with Gasteiger partial charge in [-0.25, -0.2) is 0 Å². The summed E-state index contributed by atoms with van der Waals surface area (Å²) in [7, 11) is 2.19. The maximum Gasteiger partial charge on any atom is 0.0472 e. The van der Waals surface area contributed by atoms with E-state index in [1.165, 1.54) is 29.5 Å². The molecule has 18 heavy (non-hydrogen) atoms. The SMILES string of the molecule is CCCC(C)N(C)C(CN)c1cc(C)ccc1C. The Bertz CT molecular complexity index is 373. The van der Waals surface area contributed by atoms with Crippen molar-refractivity contribution in [2.75, 3.05) is 13.6 Å². The Balaban J connectivity index is 2.98. The van der Waals surface area contributed by atoms with Crippen LogP contribution < -0.4 is 5.73 Å². The van der Waals surface area contributed by atoms with E-state index in [0.717, 1.165) is 0 Å². The second kappa shape index (κ2) is 6.91. The summed E-state index contributed by atoms with van der Waals surface area (Å²) >= 11 is 0. The van der Waals surface area contributed by atoms with E-state index < -0.39 is 0 Å². The summed E-state index contributed by atoms with van der Waals surface area (Å²) in [5, 5.41) is 0. The van der Waals surface area contributed by atoms with Gasteiger partial charge in [-0.1, -0.05) is 37.1 Å². The smallest absolute Gasteiger partial charge is 0.0472 e. The van der Waals surface area contributed by atoms with Crippen LogP contribution in [0, 0.1) is 13.8 Å². The highest BCUT2D eigenvalue weighted by atomic mass is 15.2. The lowest BCUT2D eigenvalue weighted by molar-refractivity contribution is 0.179. The maximum absolute atomic E-state index is 6.02. The summed E-state index contributed by atoms with van der Waals surface area (Å²) in [5.74, 6) is 0. The number of nitrogens with zero attached hydrogens (tertiary/aromatic N) is 1. The van der Waals surface area contributed by atoms with Crippen molar-refractivity contribution in [3.05, 3.63) is 34.9 Å². The van der Waals surface area contributed by atoms with Crippen molar-refractivity contribution >= 4 is 0 Å². The van der Waals surface area contributed by atoms with Gasteiger partial charge in [0.2, 0.25) is 0 Å². The summed E-state index contributed by atoms with van der Waals surface area (Å²) in [5.41, 5.74) is 10.0. The molecule has 2 unspecified atom stereocenters. The molecule has 0 bridgehead atoms. The number of nitrogens with two attached hydrogens (primary N) is 1. The average molecular weight is 248 g/mol. The molecule has 2 heteroatoms. The molecule has 102 valence electrons. The fraction of sp³-hybridized carbons (Fsp3) is 0.625. The number of benzene rings is 1. The van der Waals surface area contributed by atoms with Crippen LogP contribution in [0.25, 0.3) is 0 Å². The zero-order valence-electron chi connectivity index (χ0n) is 12.5. The number of rotatable bonds is 6. The molecule has 0 fully saturated rings. The van der Waals surface area contributed by atoms with Crippen LogP contribution in [-0.2, 0) is 0 Å². The van der Waals surface area contributed by atoms with Gasteiger partial charge in [0.1, 0.15) is 0 Å². The van der Waals surface area contributed by atoms with E-state index in [4.69, 9.17) is 5.73 Å². The molecule has 2 atom stereocenters. The third-order valence-corrected chi connectivity index (χ3v) is 3.91. The average Bonchev–Trinajstić information content (AvgIpc) is 2.34. The molecule has 0 aliphatic carbocycles. The minimum absolute atomic E-state index is 0.325. The maximum atomic E-state index is 6.02. The molecule has 0 spiro atoms. The zero-order valence-corrected chi connectivity index (χ0v) is 12.5. The van der Waals surface area contributed by atoms with E-state index in [-0.39, 0.29) is 0 Å². The number of likely N-dealkylation sites (N-methyl/N-ethyl adjacent to an activating group) is 1. The van der Waals surface area contributed by atoms with E-state index in [0.29, 0.717) is 18.6 Å². The highest BCUT2D eigenvalue weighted by Gasteiger charge is 2.21. The Morgan fingerprint density at radius 1 is 1.28 bits per heavy atom. The van der Waals surface area contributed by atoms with Crippen molar-refractivity contribution in [2.24, 2.45) is 5.73 Å². The Hall–Kier alpha value is -0.860. The molecule has 0 amide bonds. The number of hydrogen-bond donors (Lipinski definition) is 1. The van der Waals surface area contributed by atoms with Gasteiger partial charge in [-0.15, -0.1) is 0 Å².